The third-order valence-electron chi connectivity index (χ3n) is 7.47. The highest BCUT2D eigenvalue weighted by Gasteiger charge is 2.48. The Kier molecular flexibility index (Phi) is 4.48. The fraction of sp³-hybridized carbons (Fsp3) is 0.520. The molecule has 0 saturated heterocycles. The van der Waals surface area contributed by atoms with Gasteiger partial charge >= 0.3 is 0 Å². The van der Waals surface area contributed by atoms with Gasteiger partial charge in [-0.05, 0) is 78.0 Å². The predicted molar refractivity (Wildman–Crippen MR) is 108 cm³/mol. The summed E-state index contributed by atoms with van der Waals surface area (Å²) in [5.41, 5.74) is 6.94. The van der Waals surface area contributed by atoms with Crippen molar-refractivity contribution < 1.29 is 0 Å². The van der Waals surface area contributed by atoms with E-state index in [4.69, 9.17) is 0 Å². The van der Waals surface area contributed by atoms with Crippen LogP contribution in [0.4, 0.5) is 0 Å². The Balaban J connectivity index is 1.53. The Bertz CT molecular complexity index is 680. The molecule has 0 unspecified atom stereocenters. The summed E-state index contributed by atoms with van der Waals surface area (Å²) in [6.45, 7) is 4.64. The van der Waals surface area contributed by atoms with Crippen LogP contribution in [0.2, 0.25) is 0 Å². The zero-order valence-electron chi connectivity index (χ0n) is 16.0. The molecule has 0 amide bonds. The summed E-state index contributed by atoms with van der Waals surface area (Å²) in [5.74, 6) is 0. The maximum absolute atomic E-state index is 2.43. The van der Waals surface area contributed by atoms with Crippen molar-refractivity contribution in [2.45, 2.75) is 77.0 Å². The van der Waals surface area contributed by atoms with Crippen LogP contribution < -0.4 is 0 Å². The van der Waals surface area contributed by atoms with Gasteiger partial charge in [-0.1, -0.05) is 75.2 Å². The molecule has 0 aromatic heterocycles. The minimum absolute atomic E-state index is 0.487. The van der Waals surface area contributed by atoms with E-state index in [-0.39, 0.29) is 0 Å². The van der Waals surface area contributed by atoms with Crippen molar-refractivity contribution in [1.29, 1.82) is 0 Å². The Hall–Kier alpha value is -1.56. The molecule has 5 rings (SSSR count). The Labute approximate surface area is 153 Å². The third-order valence-corrected chi connectivity index (χ3v) is 7.47. The molecule has 0 heterocycles. The number of hydrogen-bond donors (Lipinski definition) is 0. The van der Waals surface area contributed by atoms with Crippen LogP contribution >= 0.6 is 0 Å². The van der Waals surface area contributed by atoms with Gasteiger partial charge in [0.1, 0.15) is 0 Å². The van der Waals surface area contributed by atoms with Crippen LogP contribution in [0.3, 0.4) is 0 Å². The fourth-order valence-electron chi connectivity index (χ4n) is 5.40. The van der Waals surface area contributed by atoms with Crippen LogP contribution in [0.1, 0.15) is 76.3 Å². The number of hydrogen-bond acceptors (Lipinski definition) is 0. The molecule has 2 aromatic carbocycles. The monoisotopic (exact) mass is 332 g/mol. The lowest BCUT2D eigenvalue weighted by Gasteiger charge is -2.54. The molecule has 2 bridgehead atoms. The number of aryl methyl sites for hydroxylation is 1. The van der Waals surface area contributed by atoms with Crippen LogP contribution in [0.25, 0.3) is 11.1 Å². The lowest BCUT2D eigenvalue weighted by Crippen LogP contribution is -2.43. The van der Waals surface area contributed by atoms with E-state index < -0.39 is 0 Å². The maximum Gasteiger partial charge on any atom is -0.00463 e. The van der Waals surface area contributed by atoms with Gasteiger partial charge in [-0.25, -0.2) is 0 Å². The van der Waals surface area contributed by atoms with Crippen molar-refractivity contribution >= 4 is 0 Å². The molecule has 0 aliphatic heterocycles. The molecule has 132 valence electrons. The van der Waals surface area contributed by atoms with Gasteiger partial charge in [0.25, 0.3) is 0 Å². The van der Waals surface area contributed by atoms with E-state index in [1.165, 1.54) is 74.5 Å². The van der Waals surface area contributed by atoms with E-state index in [0.717, 1.165) is 0 Å². The van der Waals surface area contributed by atoms with Gasteiger partial charge in [0.05, 0.1) is 0 Å². The average Bonchev–Trinajstić information content (AvgIpc) is 2.70. The standard InChI is InChI=1S/C25H32/c1-3-5-20-6-8-21(9-7-20)22-10-12-23(13-11-22)25-17-14-24(4-2,15-18-25)16-19-25/h6-13H,3-5,14-19H2,1-2H3. The van der Waals surface area contributed by atoms with Gasteiger partial charge in [0.2, 0.25) is 0 Å². The zero-order chi connectivity index (χ0) is 17.3. The van der Waals surface area contributed by atoms with Crippen LogP contribution in [-0.4, -0.2) is 0 Å². The lowest BCUT2D eigenvalue weighted by molar-refractivity contribution is 0.0367. The molecule has 2 aromatic rings. The summed E-state index contributed by atoms with van der Waals surface area (Å²) in [6, 6.07) is 18.7. The molecule has 0 radical (unpaired) electrons. The topological polar surface area (TPSA) is 0 Å². The van der Waals surface area contributed by atoms with Crippen LogP contribution in [0, 0.1) is 5.41 Å². The SMILES string of the molecule is CCCc1ccc(-c2ccc(C34CCC(CC)(CC3)CC4)cc2)cc1. The molecular formula is C25H32. The molecule has 3 saturated carbocycles. The van der Waals surface area contributed by atoms with E-state index in [1.807, 2.05) is 0 Å². The molecular weight excluding hydrogens is 300 g/mol. The van der Waals surface area contributed by atoms with E-state index in [1.54, 1.807) is 5.56 Å². The highest BCUT2D eigenvalue weighted by molar-refractivity contribution is 5.64. The van der Waals surface area contributed by atoms with Crippen molar-refractivity contribution in [2.24, 2.45) is 5.41 Å². The van der Waals surface area contributed by atoms with E-state index in [2.05, 4.69) is 62.4 Å². The Morgan fingerprint density at radius 1 is 0.680 bits per heavy atom. The van der Waals surface area contributed by atoms with Crippen molar-refractivity contribution in [3.63, 3.8) is 0 Å². The second-order valence-electron chi connectivity index (χ2n) is 8.66. The van der Waals surface area contributed by atoms with Crippen molar-refractivity contribution in [2.75, 3.05) is 0 Å². The Morgan fingerprint density at radius 2 is 1.20 bits per heavy atom. The number of benzene rings is 2. The van der Waals surface area contributed by atoms with Crippen LogP contribution in [0.5, 0.6) is 0 Å². The van der Waals surface area contributed by atoms with Crippen molar-refractivity contribution in [3.8, 4) is 11.1 Å². The predicted octanol–water partition coefficient (Wildman–Crippen LogP) is 7.31. The average molecular weight is 333 g/mol. The van der Waals surface area contributed by atoms with Crippen LogP contribution in [0.15, 0.2) is 48.5 Å². The first-order chi connectivity index (χ1) is 12.2. The minimum atomic E-state index is 0.487. The quantitative estimate of drug-likeness (QED) is 0.538. The first-order valence-corrected chi connectivity index (χ1v) is 10.4. The summed E-state index contributed by atoms with van der Waals surface area (Å²) >= 11 is 0. The molecule has 3 fully saturated rings. The van der Waals surface area contributed by atoms with Gasteiger partial charge in [-0.3, -0.25) is 0 Å². The van der Waals surface area contributed by atoms with Gasteiger partial charge in [-0.15, -0.1) is 0 Å². The largest absolute Gasteiger partial charge is 0.0651 e. The zero-order valence-corrected chi connectivity index (χ0v) is 16.0. The molecule has 3 aliphatic carbocycles. The van der Waals surface area contributed by atoms with Gasteiger partial charge < -0.3 is 0 Å². The highest BCUT2D eigenvalue weighted by Crippen LogP contribution is 2.59. The molecule has 0 heteroatoms. The Morgan fingerprint density at radius 3 is 1.68 bits per heavy atom. The first-order valence-electron chi connectivity index (χ1n) is 10.4. The van der Waals surface area contributed by atoms with Crippen molar-refractivity contribution in [1.82, 2.24) is 0 Å². The second kappa shape index (κ2) is 6.63. The van der Waals surface area contributed by atoms with Gasteiger partial charge in [0, 0.05) is 0 Å². The summed E-state index contributed by atoms with van der Waals surface area (Å²) in [7, 11) is 0. The van der Waals surface area contributed by atoms with E-state index >= 15 is 0 Å². The summed E-state index contributed by atoms with van der Waals surface area (Å²) < 4.78 is 0. The summed E-state index contributed by atoms with van der Waals surface area (Å²) in [6.07, 6.45) is 12.4. The van der Waals surface area contributed by atoms with Crippen molar-refractivity contribution in [3.05, 3.63) is 59.7 Å². The van der Waals surface area contributed by atoms with Gasteiger partial charge in [-0.2, -0.15) is 0 Å². The second-order valence-corrected chi connectivity index (χ2v) is 8.66. The number of fused-ring (bicyclic) bond motifs is 3. The normalized spacial score (nSPS) is 28.2. The molecule has 3 aliphatic rings. The maximum atomic E-state index is 2.43. The molecule has 0 nitrogen and oxygen atoms in total. The molecule has 0 atom stereocenters. The highest BCUT2D eigenvalue weighted by atomic mass is 14.5. The van der Waals surface area contributed by atoms with E-state index in [0.29, 0.717) is 10.8 Å². The summed E-state index contributed by atoms with van der Waals surface area (Å²) in [4.78, 5) is 0. The minimum Gasteiger partial charge on any atom is -0.0651 e. The van der Waals surface area contributed by atoms with Crippen LogP contribution in [-0.2, 0) is 11.8 Å². The van der Waals surface area contributed by atoms with Gasteiger partial charge in [0.15, 0.2) is 0 Å². The fourth-order valence-corrected chi connectivity index (χ4v) is 5.40. The lowest BCUT2D eigenvalue weighted by atomic mass is 9.51. The first kappa shape index (κ1) is 16.9. The molecule has 0 N–H and O–H groups in total. The number of rotatable bonds is 5. The smallest absolute Gasteiger partial charge is 0.00463 e. The molecule has 0 spiro atoms. The third kappa shape index (κ3) is 3.05. The molecule has 25 heavy (non-hydrogen) atoms. The van der Waals surface area contributed by atoms with E-state index in [9.17, 15) is 0 Å². The summed E-state index contributed by atoms with van der Waals surface area (Å²) in [5, 5.41) is 0.